The lowest BCUT2D eigenvalue weighted by Gasteiger charge is -2.23. The maximum absolute atomic E-state index is 12.1. The highest BCUT2D eigenvalue weighted by molar-refractivity contribution is 5.79. The van der Waals surface area contributed by atoms with Gasteiger partial charge >= 0.3 is 0 Å². The van der Waals surface area contributed by atoms with E-state index in [0.717, 1.165) is 18.4 Å². The molecule has 0 aromatic heterocycles. The largest absolute Gasteiger partial charge is 0.394 e. The van der Waals surface area contributed by atoms with Crippen molar-refractivity contribution < 1.29 is 14.8 Å². The van der Waals surface area contributed by atoms with Gasteiger partial charge in [-0.3, -0.25) is 14.9 Å². The van der Waals surface area contributed by atoms with Crippen LogP contribution in [0.1, 0.15) is 18.4 Å². The summed E-state index contributed by atoms with van der Waals surface area (Å²) >= 11 is 0. The van der Waals surface area contributed by atoms with Crippen LogP contribution < -0.4 is 0 Å². The molecular formula is C13H16N2O4. The number of nitrogens with zero attached hydrogens (tertiary/aromatic N) is 2. The Hall–Kier alpha value is -1.95. The predicted octanol–water partition coefficient (Wildman–Crippen LogP) is 1.12. The second-order valence-electron chi connectivity index (χ2n) is 4.67. The maximum Gasteiger partial charge on any atom is 0.269 e. The molecule has 1 amide bonds. The lowest BCUT2D eigenvalue weighted by Crippen LogP contribution is -2.38. The SMILES string of the molecule is O=C(Cc1ccc([N+](=O)[O-])cc1)N1CCCC1CO. The standard InChI is InChI=1S/C13H16N2O4/c16-9-12-2-1-7-14(12)13(17)8-10-3-5-11(6-4-10)15(18)19/h3-6,12,16H,1-2,7-9H2. The molecule has 1 N–H and O–H groups in total. The van der Waals surface area contributed by atoms with Gasteiger partial charge in [0, 0.05) is 18.7 Å². The molecule has 6 heteroatoms. The maximum atomic E-state index is 12.1. The highest BCUT2D eigenvalue weighted by Gasteiger charge is 2.27. The van der Waals surface area contributed by atoms with Crippen LogP contribution in [-0.4, -0.2) is 40.0 Å². The van der Waals surface area contributed by atoms with Gasteiger partial charge in [-0.05, 0) is 18.4 Å². The molecule has 1 aliphatic heterocycles. The van der Waals surface area contributed by atoms with Crippen molar-refractivity contribution in [3.8, 4) is 0 Å². The van der Waals surface area contributed by atoms with Gasteiger partial charge in [0.2, 0.25) is 5.91 Å². The van der Waals surface area contributed by atoms with Gasteiger partial charge in [-0.1, -0.05) is 12.1 Å². The third kappa shape index (κ3) is 3.08. The normalized spacial score (nSPS) is 18.6. The topological polar surface area (TPSA) is 83.7 Å². The van der Waals surface area contributed by atoms with Gasteiger partial charge < -0.3 is 10.0 Å². The number of likely N-dealkylation sites (tertiary alicyclic amines) is 1. The number of carbonyl (C=O) groups excluding carboxylic acids is 1. The highest BCUT2D eigenvalue weighted by atomic mass is 16.6. The number of nitro groups is 1. The number of carbonyl (C=O) groups is 1. The average Bonchev–Trinajstić information content (AvgIpc) is 2.87. The predicted molar refractivity (Wildman–Crippen MR) is 68.6 cm³/mol. The Balaban J connectivity index is 2.00. The average molecular weight is 264 g/mol. The minimum atomic E-state index is -0.464. The Morgan fingerprint density at radius 2 is 2.11 bits per heavy atom. The van der Waals surface area contributed by atoms with Gasteiger partial charge in [0.05, 0.1) is 24.0 Å². The third-order valence-electron chi connectivity index (χ3n) is 3.41. The van der Waals surface area contributed by atoms with Crippen LogP contribution >= 0.6 is 0 Å². The van der Waals surface area contributed by atoms with E-state index >= 15 is 0 Å². The summed E-state index contributed by atoms with van der Waals surface area (Å²) in [7, 11) is 0. The van der Waals surface area contributed by atoms with Crippen molar-refractivity contribution in [3.05, 3.63) is 39.9 Å². The molecule has 19 heavy (non-hydrogen) atoms. The van der Waals surface area contributed by atoms with Crippen LogP contribution in [0.3, 0.4) is 0 Å². The van der Waals surface area contributed by atoms with Gasteiger partial charge in [-0.15, -0.1) is 0 Å². The third-order valence-corrected chi connectivity index (χ3v) is 3.41. The number of non-ortho nitro benzene ring substituents is 1. The van der Waals surface area contributed by atoms with E-state index in [1.807, 2.05) is 0 Å². The molecular weight excluding hydrogens is 248 g/mol. The summed E-state index contributed by atoms with van der Waals surface area (Å²) in [6.07, 6.45) is 1.97. The van der Waals surface area contributed by atoms with Gasteiger partial charge in [0.1, 0.15) is 0 Å². The number of hydrogen-bond donors (Lipinski definition) is 1. The molecule has 102 valence electrons. The lowest BCUT2D eigenvalue weighted by molar-refractivity contribution is -0.384. The van der Waals surface area contributed by atoms with Gasteiger partial charge in [0.15, 0.2) is 0 Å². The monoisotopic (exact) mass is 264 g/mol. The van der Waals surface area contributed by atoms with Crippen molar-refractivity contribution in [1.29, 1.82) is 0 Å². The number of rotatable bonds is 4. The van der Waals surface area contributed by atoms with Crippen LogP contribution in [0.2, 0.25) is 0 Å². The van der Waals surface area contributed by atoms with E-state index in [1.165, 1.54) is 12.1 Å². The molecule has 0 spiro atoms. The van der Waals surface area contributed by atoms with Crippen LogP contribution in [0, 0.1) is 10.1 Å². The fourth-order valence-electron chi connectivity index (χ4n) is 2.37. The molecule has 1 atom stereocenters. The van der Waals surface area contributed by atoms with E-state index < -0.39 is 4.92 Å². The Kier molecular flexibility index (Phi) is 4.11. The molecule has 1 saturated heterocycles. The van der Waals surface area contributed by atoms with E-state index in [0.29, 0.717) is 6.54 Å². The molecule has 6 nitrogen and oxygen atoms in total. The number of amides is 1. The summed E-state index contributed by atoms with van der Waals surface area (Å²) in [5.74, 6) is -0.0367. The first-order chi connectivity index (χ1) is 9.11. The first kappa shape index (κ1) is 13.5. The molecule has 1 fully saturated rings. The Morgan fingerprint density at radius 1 is 1.42 bits per heavy atom. The van der Waals surface area contributed by atoms with Crippen LogP contribution in [0.15, 0.2) is 24.3 Å². The van der Waals surface area contributed by atoms with Crippen molar-refractivity contribution in [3.63, 3.8) is 0 Å². The van der Waals surface area contributed by atoms with E-state index in [9.17, 15) is 20.0 Å². The summed E-state index contributed by atoms with van der Waals surface area (Å²) in [5.41, 5.74) is 0.768. The van der Waals surface area contributed by atoms with Crippen LogP contribution in [0.4, 0.5) is 5.69 Å². The van der Waals surface area contributed by atoms with Crippen molar-refractivity contribution in [2.24, 2.45) is 0 Å². The zero-order chi connectivity index (χ0) is 13.8. The lowest BCUT2D eigenvalue weighted by atomic mass is 10.1. The summed E-state index contributed by atoms with van der Waals surface area (Å²) in [6, 6.07) is 5.91. The second kappa shape index (κ2) is 5.79. The number of hydrogen-bond acceptors (Lipinski definition) is 4. The van der Waals surface area contributed by atoms with E-state index in [1.54, 1.807) is 17.0 Å². The molecule has 1 aromatic carbocycles. The van der Waals surface area contributed by atoms with Crippen LogP contribution in [0.25, 0.3) is 0 Å². The fourth-order valence-corrected chi connectivity index (χ4v) is 2.37. The molecule has 0 bridgehead atoms. The highest BCUT2D eigenvalue weighted by Crippen LogP contribution is 2.19. The number of nitro benzene ring substituents is 1. The van der Waals surface area contributed by atoms with Gasteiger partial charge in [-0.25, -0.2) is 0 Å². The number of benzene rings is 1. The molecule has 0 saturated carbocycles. The van der Waals surface area contributed by atoms with Crippen molar-refractivity contribution >= 4 is 11.6 Å². The zero-order valence-electron chi connectivity index (χ0n) is 10.5. The molecule has 0 radical (unpaired) electrons. The van der Waals surface area contributed by atoms with Crippen LogP contribution in [0.5, 0.6) is 0 Å². The van der Waals surface area contributed by atoms with E-state index in [-0.39, 0.29) is 30.7 Å². The number of aliphatic hydroxyl groups is 1. The Morgan fingerprint density at radius 3 is 2.68 bits per heavy atom. The van der Waals surface area contributed by atoms with E-state index in [2.05, 4.69) is 0 Å². The number of aliphatic hydroxyl groups excluding tert-OH is 1. The summed E-state index contributed by atoms with van der Waals surface area (Å²) < 4.78 is 0. The first-order valence-electron chi connectivity index (χ1n) is 6.25. The summed E-state index contributed by atoms with van der Waals surface area (Å²) in [5, 5.41) is 19.7. The van der Waals surface area contributed by atoms with E-state index in [4.69, 9.17) is 0 Å². The molecule has 1 aromatic rings. The minimum absolute atomic E-state index is 0.00794. The molecule has 1 heterocycles. The first-order valence-corrected chi connectivity index (χ1v) is 6.25. The molecule has 2 rings (SSSR count). The van der Waals surface area contributed by atoms with Gasteiger partial charge in [0.25, 0.3) is 5.69 Å². The van der Waals surface area contributed by atoms with Crippen molar-refractivity contribution in [2.45, 2.75) is 25.3 Å². The summed E-state index contributed by atoms with van der Waals surface area (Å²) in [6.45, 7) is 0.670. The van der Waals surface area contributed by atoms with Crippen LogP contribution in [-0.2, 0) is 11.2 Å². The molecule has 1 unspecified atom stereocenters. The summed E-state index contributed by atoms with van der Waals surface area (Å²) in [4.78, 5) is 23.8. The fraction of sp³-hybridized carbons (Fsp3) is 0.462. The Labute approximate surface area is 110 Å². The minimum Gasteiger partial charge on any atom is -0.394 e. The van der Waals surface area contributed by atoms with Gasteiger partial charge in [-0.2, -0.15) is 0 Å². The van der Waals surface area contributed by atoms with Crippen molar-refractivity contribution in [1.82, 2.24) is 4.90 Å². The molecule has 1 aliphatic rings. The van der Waals surface area contributed by atoms with Crippen molar-refractivity contribution in [2.75, 3.05) is 13.2 Å². The second-order valence-corrected chi connectivity index (χ2v) is 4.67. The Bertz CT molecular complexity index is 472. The molecule has 0 aliphatic carbocycles. The smallest absolute Gasteiger partial charge is 0.269 e. The quantitative estimate of drug-likeness (QED) is 0.652. The zero-order valence-corrected chi connectivity index (χ0v) is 10.5.